The van der Waals surface area contributed by atoms with E-state index in [1.54, 1.807) is 0 Å². The maximum Gasteiger partial charge on any atom is 0.419 e. The second kappa shape index (κ2) is 4.68. The third-order valence-electron chi connectivity index (χ3n) is 3.00. The van der Waals surface area contributed by atoms with E-state index in [0.29, 0.717) is 12.5 Å². The molecular weight excluding hydrogens is 288 g/mol. The Bertz CT molecular complexity index is 534. The molecular formula is C12H9F6NO. The average molecular weight is 297 g/mol. The zero-order valence-corrected chi connectivity index (χ0v) is 9.98. The molecule has 0 unspecified atom stereocenters. The van der Waals surface area contributed by atoms with E-state index >= 15 is 0 Å². The van der Waals surface area contributed by atoms with Crippen LogP contribution in [0.25, 0.3) is 0 Å². The Morgan fingerprint density at radius 3 is 2.10 bits per heavy atom. The summed E-state index contributed by atoms with van der Waals surface area (Å²) in [6.45, 7) is -0.0107. The van der Waals surface area contributed by atoms with E-state index in [1.165, 1.54) is 0 Å². The number of benzene rings is 1. The second-order valence-corrected chi connectivity index (χ2v) is 4.34. The average Bonchev–Trinajstić information content (AvgIpc) is 2.72. The molecule has 0 spiro atoms. The normalized spacial score (nSPS) is 16.9. The number of alkyl halides is 6. The van der Waals surface area contributed by atoms with Crippen molar-refractivity contribution in [2.24, 2.45) is 0 Å². The zero-order chi connectivity index (χ0) is 15.1. The summed E-state index contributed by atoms with van der Waals surface area (Å²) >= 11 is 0. The molecule has 0 bridgehead atoms. The molecule has 1 saturated heterocycles. The Morgan fingerprint density at radius 1 is 1.00 bits per heavy atom. The lowest BCUT2D eigenvalue weighted by atomic mass is 10.0. The predicted octanol–water partition coefficient (Wildman–Crippen LogP) is 3.85. The van der Waals surface area contributed by atoms with E-state index in [-0.39, 0.29) is 13.0 Å². The van der Waals surface area contributed by atoms with Gasteiger partial charge in [0.1, 0.15) is 0 Å². The fraction of sp³-hybridized carbons (Fsp3) is 0.417. The number of hydrogen-bond acceptors (Lipinski definition) is 1. The quantitative estimate of drug-likeness (QED) is 0.721. The van der Waals surface area contributed by atoms with Crippen molar-refractivity contribution < 1.29 is 31.1 Å². The van der Waals surface area contributed by atoms with Crippen LogP contribution >= 0.6 is 0 Å². The number of anilines is 1. The lowest BCUT2D eigenvalue weighted by Gasteiger charge is -2.24. The number of halogens is 6. The molecule has 20 heavy (non-hydrogen) atoms. The van der Waals surface area contributed by atoms with Gasteiger partial charge in [0.15, 0.2) is 0 Å². The minimum atomic E-state index is -5.19. The molecule has 1 aliphatic heterocycles. The lowest BCUT2D eigenvalue weighted by molar-refractivity contribution is -0.161. The van der Waals surface area contributed by atoms with Crippen LogP contribution in [0.1, 0.15) is 24.0 Å². The van der Waals surface area contributed by atoms with Gasteiger partial charge < -0.3 is 4.90 Å². The molecule has 0 saturated carbocycles. The van der Waals surface area contributed by atoms with Gasteiger partial charge in [-0.25, -0.2) is 0 Å². The predicted molar refractivity (Wildman–Crippen MR) is 58.0 cm³/mol. The van der Waals surface area contributed by atoms with Crippen molar-refractivity contribution in [1.29, 1.82) is 0 Å². The monoisotopic (exact) mass is 297 g/mol. The Kier molecular flexibility index (Phi) is 3.43. The summed E-state index contributed by atoms with van der Waals surface area (Å²) in [5.41, 5.74) is -4.31. The first-order valence-corrected chi connectivity index (χ1v) is 5.70. The van der Waals surface area contributed by atoms with Crippen molar-refractivity contribution in [2.45, 2.75) is 25.2 Å². The first kappa shape index (κ1) is 14.7. The highest BCUT2D eigenvalue weighted by Gasteiger charge is 2.46. The Balaban J connectivity index is 2.66. The molecule has 0 aliphatic carbocycles. The van der Waals surface area contributed by atoms with Crippen LogP contribution in [0.3, 0.4) is 0 Å². The van der Waals surface area contributed by atoms with Gasteiger partial charge in [-0.15, -0.1) is 0 Å². The van der Waals surface area contributed by atoms with Crippen LogP contribution in [-0.2, 0) is 17.1 Å². The van der Waals surface area contributed by atoms with Gasteiger partial charge in [0, 0.05) is 13.0 Å². The summed E-state index contributed by atoms with van der Waals surface area (Å²) in [5, 5.41) is 0. The molecule has 0 atom stereocenters. The summed E-state index contributed by atoms with van der Waals surface area (Å²) in [7, 11) is 0. The van der Waals surface area contributed by atoms with Gasteiger partial charge in [0.05, 0.1) is 16.8 Å². The highest BCUT2D eigenvalue weighted by atomic mass is 19.4. The lowest BCUT2D eigenvalue weighted by Crippen LogP contribution is -2.28. The molecule has 1 amide bonds. The van der Waals surface area contributed by atoms with Crippen molar-refractivity contribution in [3.63, 3.8) is 0 Å². The zero-order valence-electron chi connectivity index (χ0n) is 9.98. The minimum Gasteiger partial charge on any atom is -0.312 e. The third-order valence-corrected chi connectivity index (χ3v) is 3.00. The maximum atomic E-state index is 13.0. The first-order valence-electron chi connectivity index (χ1n) is 5.70. The molecule has 1 heterocycles. The number of rotatable bonds is 1. The standard InChI is InChI=1S/C12H9F6NO/c13-11(14,15)7-3-1-4-8(10(7)12(16,17)18)19-6-2-5-9(19)20/h1,3-4H,2,5-6H2. The first-order chi connectivity index (χ1) is 9.12. The minimum absolute atomic E-state index is 0.0107. The smallest absolute Gasteiger partial charge is 0.312 e. The summed E-state index contributed by atoms with van der Waals surface area (Å²) in [4.78, 5) is 12.3. The van der Waals surface area contributed by atoms with Crippen molar-refractivity contribution in [2.75, 3.05) is 11.4 Å². The van der Waals surface area contributed by atoms with Crippen molar-refractivity contribution >= 4 is 11.6 Å². The third kappa shape index (κ3) is 2.59. The molecule has 0 N–H and O–H groups in total. The van der Waals surface area contributed by atoms with Gasteiger partial charge >= 0.3 is 12.4 Å². The second-order valence-electron chi connectivity index (χ2n) is 4.34. The van der Waals surface area contributed by atoms with Gasteiger partial charge in [0.25, 0.3) is 0 Å². The van der Waals surface area contributed by atoms with Gasteiger partial charge in [0.2, 0.25) is 5.91 Å². The van der Waals surface area contributed by atoms with Gasteiger partial charge in [-0.3, -0.25) is 4.79 Å². The number of amides is 1. The SMILES string of the molecule is O=C1CCCN1c1cccc(C(F)(F)F)c1C(F)(F)F. The molecule has 1 aromatic carbocycles. The summed E-state index contributed by atoms with van der Waals surface area (Å²) in [6.07, 6.45) is -9.96. The molecule has 110 valence electrons. The van der Waals surface area contributed by atoms with Crippen LogP contribution in [-0.4, -0.2) is 12.5 Å². The van der Waals surface area contributed by atoms with Crippen LogP contribution in [0.4, 0.5) is 32.0 Å². The fourth-order valence-electron chi connectivity index (χ4n) is 2.20. The van der Waals surface area contributed by atoms with Crippen LogP contribution in [0, 0.1) is 0 Å². The Morgan fingerprint density at radius 2 is 1.65 bits per heavy atom. The highest BCUT2D eigenvalue weighted by Crippen LogP contribution is 2.45. The van der Waals surface area contributed by atoms with Crippen molar-refractivity contribution in [3.05, 3.63) is 29.3 Å². The molecule has 2 nitrogen and oxygen atoms in total. The topological polar surface area (TPSA) is 20.3 Å². The van der Waals surface area contributed by atoms with Crippen LogP contribution in [0.5, 0.6) is 0 Å². The Labute approximate surface area is 110 Å². The van der Waals surface area contributed by atoms with Crippen LogP contribution in [0.2, 0.25) is 0 Å². The van der Waals surface area contributed by atoms with Crippen LogP contribution in [0.15, 0.2) is 18.2 Å². The fourth-order valence-corrected chi connectivity index (χ4v) is 2.20. The van der Waals surface area contributed by atoms with E-state index in [4.69, 9.17) is 0 Å². The molecule has 1 aromatic rings. The molecule has 1 aliphatic rings. The van der Waals surface area contributed by atoms with Gasteiger partial charge in [-0.2, -0.15) is 26.3 Å². The molecule has 2 rings (SSSR count). The van der Waals surface area contributed by atoms with Gasteiger partial charge in [-0.05, 0) is 18.6 Å². The molecule has 0 aromatic heterocycles. The van der Waals surface area contributed by atoms with E-state index in [0.717, 1.165) is 17.0 Å². The van der Waals surface area contributed by atoms with E-state index in [1.807, 2.05) is 0 Å². The Hall–Kier alpha value is -1.73. The maximum absolute atomic E-state index is 13.0. The van der Waals surface area contributed by atoms with Crippen LogP contribution < -0.4 is 4.90 Å². The number of carbonyl (C=O) groups excluding carboxylic acids is 1. The van der Waals surface area contributed by atoms with Gasteiger partial charge in [-0.1, -0.05) is 6.07 Å². The summed E-state index contributed by atoms with van der Waals surface area (Å²) in [5.74, 6) is -0.602. The summed E-state index contributed by atoms with van der Waals surface area (Å²) < 4.78 is 77.2. The summed E-state index contributed by atoms with van der Waals surface area (Å²) in [6, 6.07) is 2.13. The highest BCUT2D eigenvalue weighted by molar-refractivity contribution is 5.96. The molecule has 8 heteroatoms. The van der Waals surface area contributed by atoms with Crippen molar-refractivity contribution in [3.8, 4) is 0 Å². The van der Waals surface area contributed by atoms with E-state index in [9.17, 15) is 31.1 Å². The molecule has 1 fully saturated rings. The van der Waals surface area contributed by atoms with Crippen molar-refractivity contribution in [1.82, 2.24) is 0 Å². The molecule has 0 radical (unpaired) electrons. The van der Waals surface area contributed by atoms with E-state index in [2.05, 4.69) is 0 Å². The number of nitrogens with zero attached hydrogens (tertiary/aromatic N) is 1. The largest absolute Gasteiger partial charge is 0.419 e. The number of hydrogen-bond donors (Lipinski definition) is 0. The number of carbonyl (C=O) groups is 1. The van der Waals surface area contributed by atoms with E-state index < -0.39 is 35.1 Å².